The van der Waals surface area contributed by atoms with Crippen LogP contribution in [0.25, 0.3) is 10.9 Å². The molecule has 176 valence electrons. The first-order valence-corrected chi connectivity index (χ1v) is 13.0. The number of nitrogens with zero attached hydrogens (tertiary/aromatic N) is 3. The van der Waals surface area contributed by atoms with Gasteiger partial charge in [0.2, 0.25) is 11.9 Å². The number of benzene rings is 1. The third kappa shape index (κ3) is 6.67. The minimum atomic E-state index is 0.196. The maximum atomic E-state index is 12.2. The van der Waals surface area contributed by atoms with E-state index in [4.69, 9.17) is 9.97 Å². The maximum Gasteiger partial charge on any atom is 0.225 e. The van der Waals surface area contributed by atoms with Crippen molar-refractivity contribution in [3.8, 4) is 0 Å². The molecule has 1 saturated carbocycles. The number of hydrogen-bond acceptors (Lipinski definition) is 6. The quantitative estimate of drug-likeness (QED) is 0.400. The molecule has 0 spiro atoms. The molecule has 1 aliphatic rings. The zero-order chi connectivity index (χ0) is 23.0. The van der Waals surface area contributed by atoms with E-state index in [1.807, 2.05) is 37.2 Å². The summed E-state index contributed by atoms with van der Waals surface area (Å²) >= 11 is 1.80. The van der Waals surface area contributed by atoms with Crippen molar-refractivity contribution in [2.24, 2.45) is 5.92 Å². The zero-order valence-electron chi connectivity index (χ0n) is 19.7. The summed E-state index contributed by atoms with van der Waals surface area (Å²) in [6, 6.07) is 12.8. The van der Waals surface area contributed by atoms with Gasteiger partial charge in [-0.15, -0.1) is 11.3 Å². The summed E-state index contributed by atoms with van der Waals surface area (Å²) in [6.45, 7) is 0.799. The van der Waals surface area contributed by atoms with Gasteiger partial charge < -0.3 is 15.5 Å². The van der Waals surface area contributed by atoms with Gasteiger partial charge in [0.15, 0.2) is 0 Å². The molecule has 3 aromatic rings. The monoisotopic (exact) mass is 465 g/mol. The predicted octanol–water partition coefficient (Wildman–Crippen LogP) is 5.26. The molecule has 2 aromatic heterocycles. The van der Waals surface area contributed by atoms with Crippen LogP contribution in [0, 0.1) is 5.92 Å². The first-order chi connectivity index (χ1) is 16.1. The molecule has 33 heavy (non-hydrogen) atoms. The van der Waals surface area contributed by atoms with Gasteiger partial charge in [-0.3, -0.25) is 4.79 Å². The largest absolute Gasteiger partial charge is 0.362 e. The van der Waals surface area contributed by atoms with Crippen LogP contribution in [0.15, 0.2) is 41.8 Å². The standard InChI is InChI=1S/C26H35N5OS/c1-31(2)25-22-10-4-5-11-23(22)29-26(30-25)28-20-15-13-19(14-16-20)18-27-24(32)12-6-3-8-21-9-7-17-33-21/h4-5,7,9-11,17,19-20H,3,6,8,12-16,18H2,1-2H3,(H,27,32)(H,28,29,30)/t19-,20+. The number of hydrogen-bond donors (Lipinski definition) is 2. The van der Waals surface area contributed by atoms with E-state index in [1.165, 1.54) is 4.88 Å². The average Bonchev–Trinajstić information content (AvgIpc) is 3.34. The van der Waals surface area contributed by atoms with E-state index >= 15 is 0 Å². The highest BCUT2D eigenvalue weighted by Gasteiger charge is 2.22. The second-order valence-electron chi connectivity index (χ2n) is 9.23. The number of unbranched alkanes of at least 4 members (excludes halogenated alkanes) is 1. The van der Waals surface area contributed by atoms with E-state index < -0.39 is 0 Å². The summed E-state index contributed by atoms with van der Waals surface area (Å²) < 4.78 is 0. The van der Waals surface area contributed by atoms with E-state index in [-0.39, 0.29) is 5.91 Å². The molecule has 6 nitrogen and oxygen atoms in total. The molecule has 1 fully saturated rings. The van der Waals surface area contributed by atoms with Crippen LogP contribution in [0.5, 0.6) is 0 Å². The summed E-state index contributed by atoms with van der Waals surface area (Å²) in [5.74, 6) is 2.40. The van der Waals surface area contributed by atoms with Gasteiger partial charge >= 0.3 is 0 Å². The topological polar surface area (TPSA) is 70.2 Å². The second-order valence-corrected chi connectivity index (χ2v) is 10.3. The lowest BCUT2D eigenvalue weighted by atomic mass is 9.86. The van der Waals surface area contributed by atoms with Crippen molar-refractivity contribution < 1.29 is 4.79 Å². The third-order valence-electron chi connectivity index (χ3n) is 6.43. The minimum absolute atomic E-state index is 0.196. The number of amides is 1. The molecule has 1 aliphatic carbocycles. The summed E-state index contributed by atoms with van der Waals surface area (Å²) in [5, 5.41) is 9.91. The Balaban J connectivity index is 1.18. The molecule has 0 atom stereocenters. The highest BCUT2D eigenvalue weighted by molar-refractivity contribution is 7.09. The normalized spacial score (nSPS) is 18.2. The molecule has 0 radical (unpaired) electrons. The Labute approximate surface area is 200 Å². The number of carbonyl (C=O) groups is 1. The molecule has 2 heterocycles. The van der Waals surface area contributed by atoms with Gasteiger partial charge in [-0.05, 0) is 74.4 Å². The van der Waals surface area contributed by atoms with Crippen LogP contribution in [0.2, 0.25) is 0 Å². The molecule has 0 bridgehead atoms. The smallest absolute Gasteiger partial charge is 0.225 e. The van der Waals surface area contributed by atoms with Gasteiger partial charge in [0.05, 0.1) is 5.52 Å². The number of aromatic nitrogens is 2. The van der Waals surface area contributed by atoms with E-state index in [0.717, 1.165) is 68.2 Å². The molecule has 1 amide bonds. The summed E-state index contributed by atoms with van der Waals surface area (Å²) in [4.78, 5) is 25.2. The van der Waals surface area contributed by atoms with Gasteiger partial charge in [-0.2, -0.15) is 4.98 Å². The lowest BCUT2D eigenvalue weighted by Gasteiger charge is -2.29. The molecule has 0 aliphatic heterocycles. The fourth-order valence-corrected chi connectivity index (χ4v) is 5.30. The van der Waals surface area contributed by atoms with Crippen molar-refractivity contribution in [3.63, 3.8) is 0 Å². The lowest BCUT2D eigenvalue weighted by Crippen LogP contribution is -2.34. The van der Waals surface area contributed by atoms with Gasteiger partial charge in [0.25, 0.3) is 0 Å². The van der Waals surface area contributed by atoms with Gasteiger partial charge in [0, 0.05) is 43.4 Å². The molecule has 2 N–H and O–H groups in total. The Hall–Kier alpha value is -2.67. The first-order valence-electron chi connectivity index (χ1n) is 12.1. The van der Waals surface area contributed by atoms with Gasteiger partial charge in [0.1, 0.15) is 5.82 Å². The van der Waals surface area contributed by atoms with Crippen LogP contribution in [0.4, 0.5) is 11.8 Å². The Kier molecular flexibility index (Phi) is 8.15. The SMILES string of the molecule is CN(C)c1nc(N[C@H]2CC[C@@H](CNC(=O)CCCCc3cccs3)CC2)nc2ccccc12. The highest BCUT2D eigenvalue weighted by Crippen LogP contribution is 2.28. The van der Waals surface area contributed by atoms with Crippen LogP contribution in [-0.2, 0) is 11.2 Å². The van der Waals surface area contributed by atoms with E-state index in [2.05, 4.69) is 34.2 Å². The van der Waals surface area contributed by atoms with Gasteiger partial charge in [-0.1, -0.05) is 18.2 Å². The maximum absolute atomic E-state index is 12.2. The summed E-state index contributed by atoms with van der Waals surface area (Å²) in [6.07, 6.45) is 8.14. The Bertz CT molecular complexity index is 1030. The van der Waals surface area contributed by atoms with Crippen LogP contribution < -0.4 is 15.5 Å². The predicted molar refractivity (Wildman–Crippen MR) is 138 cm³/mol. The van der Waals surface area contributed by atoms with Crippen molar-refractivity contribution in [2.75, 3.05) is 30.9 Å². The fraction of sp³-hybridized carbons (Fsp3) is 0.500. The van der Waals surface area contributed by atoms with E-state index in [1.54, 1.807) is 11.3 Å². The molecule has 0 saturated heterocycles. The Morgan fingerprint density at radius 2 is 1.88 bits per heavy atom. The Morgan fingerprint density at radius 1 is 1.06 bits per heavy atom. The number of para-hydroxylation sites is 1. The second kappa shape index (κ2) is 11.5. The van der Waals surface area contributed by atoms with Gasteiger partial charge in [-0.25, -0.2) is 4.98 Å². The number of aryl methyl sites for hydroxylation is 1. The number of carbonyl (C=O) groups excluding carboxylic acids is 1. The van der Waals surface area contributed by atoms with E-state index in [9.17, 15) is 4.79 Å². The molecular weight excluding hydrogens is 430 g/mol. The van der Waals surface area contributed by atoms with Crippen molar-refractivity contribution in [1.82, 2.24) is 15.3 Å². The zero-order valence-corrected chi connectivity index (χ0v) is 20.5. The number of nitrogens with one attached hydrogen (secondary N) is 2. The van der Waals surface area contributed by atoms with Crippen molar-refractivity contribution in [3.05, 3.63) is 46.7 Å². The van der Waals surface area contributed by atoms with Crippen LogP contribution in [-0.4, -0.2) is 42.6 Å². The number of rotatable bonds is 10. The summed E-state index contributed by atoms with van der Waals surface area (Å²) in [7, 11) is 4.03. The molecule has 7 heteroatoms. The van der Waals surface area contributed by atoms with Crippen LogP contribution >= 0.6 is 11.3 Å². The van der Waals surface area contributed by atoms with Crippen LogP contribution in [0.3, 0.4) is 0 Å². The number of thiophene rings is 1. The van der Waals surface area contributed by atoms with E-state index in [0.29, 0.717) is 24.3 Å². The third-order valence-corrected chi connectivity index (χ3v) is 7.37. The number of anilines is 2. The molecular formula is C26H35N5OS. The first kappa shape index (κ1) is 23.5. The highest BCUT2D eigenvalue weighted by atomic mass is 32.1. The molecule has 1 aromatic carbocycles. The summed E-state index contributed by atoms with van der Waals surface area (Å²) in [5.41, 5.74) is 0.963. The lowest BCUT2D eigenvalue weighted by molar-refractivity contribution is -0.121. The number of fused-ring (bicyclic) bond motifs is 1. The fourth-order valence-electron chi connectivity index (χ4n) is 4.54. The van der Waals surface area contributed by atoms with Crippen LogP contribution in [0.1, 0.15) is 49.8 Å². The van der Waals surface area contributed by atoms with Crippen molar-refractivity contribution in [1.29, 1.82) is 0 Å². The average molecular weight is 466 g/mol. The molecule has 0 unspecified atom stereocenters. The minimum Gasteiger partial charge on any atom is -0.362 e. The van der Waals surface area contributed by atoms with Crippen molar-refractivity contribution >= 4 is 39.9 Å². The molecule has 4 rings (SSSR count). The van der Waals surface area contributed by atoms with Crippen molar-refractivity contribution in [2.45, 2.75) is 57.4 Å². The Morgan fingerprint density at radius 3 is 2.64 bits per heavy atom.